The number of nitrogens with zero attached hydrogens (tertiary/aromatic N) is 5. The van der Waals surface area contributed by atoms with E-state index in [9.17, 15) is 17.2 Å². The summed E-state index contributed by atoms with van der Waals surface area (Å²) in [6, 6.07) is 6.46. The normalized spacial score (nSPS) is 17.7. The number of hydrogen-bond acceptors (Lipinski definition) is 6. The first-order valence-corrected chi connectivity index (χ1v) is 11.5. The summed E-state index contributed by atoms with van der Waals surface area (Å²) >= 11 is 0. The van der Waals surface area contributed by atoms with Gasteiger partial charge in [-0.3, -0.25) is 0 Å². The fourth-order valence-corrected chi connectivity index (χ4v) is 4.20. The Kier molecular flexibility index (Phi) is 5.65. The molecule has 160 valence electrons. The number of hydrogen-bond donors (Lipinski definition) is 1. The molecule has 1 fully saturated rings. The van der Waals surface area contributed by atoms with Crippen LogP contribution in [0.2, 0.25) is 0 Å². The lowest BCUT2D eigenvalue weighted by Gasteiger charge is -2.33. The van der Waals surface area contributed by atoms with Gasteiger partial charge in [0.25, 0.3) is 6.43 Å². The number of halogens is 2. The van der Waals surface area contributed by atoms with E-state index >= 15 is 0 Å². The first-order chi connectivity index (χ1) is 14.3. The average Bonchev–Trinajstić information content (AvgIpc) is 3.15. The first kappa shape index (κ1) is 20.6. The topological polar surface area (TPSA) is 92.5 Å². The van der Waals surface area contributed by atoms with Crippen LogP contribution in [0.5, 0.6) is 0 Å². The zero-order valence-corrected chi connectivity index (χ0v) is 17.2. The number of sulfonamides is 1. The van der Waals surface area contributed by atoms with Crippen molar-refractivity contribution < 1.29 is 17.2 Å². The third-order valence-electron chi connectivity index (χ3n) is 5.12. The highest BCUT2D eigenvalue weighted by molar-refractivity contribution is 7.88. The van der Waals surface area contributed by atoms with Gasteiger partial charge < -0.3 is 4.90 Å². The van der Waals surface area contributed by atoms with Crippen LogP contribution in [0.15, 0.2) is 36.7 Å². The fraction of sp³-hybridized carbons (Fsp3) is 0.421. The highest BCUT2D eigenvalue weighted by Crippen LogP contribution is 2.27. The van der Waals surface area contributed by atoms with Crippen molar-refractivity contribution in [2.45, 2.75) is 19.3 Å². The van der Waals surface area contributed by atoms with E-state index in [1.807, 2.05) is 6.07 Å². The van der Waals surface area contributed by atoms with Crippen molar-refractivity contribution in [3.05, 3.63) is 42.4 Å². The van der Waals surface area contributed by atoms with Gasteiger partial charge in [0.15, 0.2) is 5.65 Å². The molecule has 1 atom stereocenters. The van der Waals surface area contributed by atoms with E-state index in [1.54, 1.807) is 18.5 Å². The van der Waals surface area contributed by atoms with E-state index in [0.717, 1.165) is 37.0 Å². The number of pyridine rings is 1. The molecule has 1 unspecified atom stereocenters. The third-order valence-corrected chi connectivity index (χ3v) is 5.82. The second-order valence-electron chi connectivity index (χ2n) is 7.45. The zero-order chi connectivity index (χ0) is 21.3. The molecule has 8 nitrogen and oxygen atoms in total. The summed E-state index contributed by atoms with van der Waals surface area (Å²) in [5.41, 5.74) is 1.54. The first-order valence-electron chi connectivity index (χ1n) is 9.59. The Morgan fingerprint density at radius 2 is 2.10 bits per heavy atom. The van der Waals surface area contributed by atoms with Crippen molar-refractivity contribution in [2.75, 3.05) is 30.8 Å². The molecule has 30 heavy (non-hydrogen) atoms. The lowest BCUT2D eigenvalue weighted by atomic mass is 9.98. The molecular weight excluding hydrogens is 414 g/mol. The van der Waals surface area contributed by atoms with Gasteiger partial charge in [-0.2, -0.15) is 5.10 Å². The molecule has 11 heteroatoms. The Balaban J connectivity index is 1.59. The highest BCUT2D eigenvalue weighted by Gasteiger charge is 2.22. The lowest BCUT2D eigenvalue weighted by molar-refractivity contribution is 0.144. The van der Waals surface area contributed by atoms with Crippen LogP contribution in [0.25, 0.3) is 16.9 Å². The summed E-state index contributed by atoms with van der Waals surface area (Å²) in [5, 5.41) is 4.02. The lowest BCUT2D eigenvalue weighted by Crippen LogP contribution is -2.41. The SMILES string of the molecule is CS(=O)(=O)NCC1CCCN(c2cc(-c3cnc4ccc(C(F)F)nn34)ccn2)C1. The number of imidazole rings is 1. The van der Waals surface area contributed by atoms with E-state index in [1.165, 1.54) is 16.6 Å². The molecular formula is C19H22F2N6O2S. The Labute approximate surface area is 173 Å². The molecule has 1 saturated heterocycles. The van der Waals surface area contributed by atoms with Gasteiger partial charge in [0.2, 0.25) is 10.0 Å². The Bertz CT molecular complexity index is 1150. The summed E-state index contributed by atoms with van der Waals surface area (Å²) in [7, 11) is -3.23. The van der Waals surface area contributed by atoms with Crippen molar-refractivity contribution in [3.63, 3.8) is 0 Å². The smallest absolute Gasteiger partial charge is 0.282 e. The van der Waals surface area contributed by atoms with Gasteiger partial charge in [0.05, 0.1) is 18.1 Å². The van der Waals surface area contributed by atoms with Crippen LogP contribution in [0.3, 0.4) is 0 Å². The number of nitrogens with one attached hydrogen (secondary N) is 1. The fourth-order valence-electron chi connectivity index (χ4n) is 3.66. The zero-order valence-electron chi connectivity index (χ0n) is 16.4. The molecule has 0 aromatic carbocycles. The van der Waals surface area contributed by atoms with Crippen LogP contribution in [-0.2, 0) is 10.0 Å². The largest absolute Gasteiger partial charge is 0.356 e. The van der Waals surface area contributed by atoms with Crippen LogP contribution < -0.4 is 9.62 Å². The molecule has 1 aliphatic rings. The van der Waals surface area contributed by atoms with E-state index in [0.29, 0.717) is 24.4 Å². The summed E-state index contributed by atoms with van der Waals surface area (Å²) in [6.45, 7) is 1.88. The molecule has 0 saturated carbocycles. The Hall–Kier alpha value is -2.66. The van der Waals surface area contributed by atoms with E-state index in [4.69, 9.17) is 0 Å². The van der Waals surface area contributed by atoms with Crippen LogP contribution in [0.4, 0.5) is 14.6 Å². The number of rotatable bonds is 6. The molecule has 4 rings (SSSR count). The van der Waals surface area contributed by atoms with E-state index in [2.05, 4.69) is 24.7 Å². The standard InChI is InChI=1S/C19H22F2N6O2S/c1-30(28,29)24-10-13-3-2-8-26(12-13)18-9-14(6-7-22-18)16-11-23-17-5-4-15(19(20)21)25-27(16)17/h4-7,9,11,13,19,24H,2-3,8,10,12H2,1H3. The number of piperidine rings is 1. The van der Waals surface area contributed by atoms with Crippen molar-refractivity contribution in [1.82, 2.24) is 24.3 Å². The van der Waals surface area contributed by atoms with Crippen LogP contribution in [-0.4, -0.2) is 53.9 Å². The number of aromatic nitrogens is 4. The maximum Gasteiger partial charge on any atom is 0.282 e. The molecule has 0 spiro atoms. The van der Waals surface area contributed by atoms with Gasteiger partial charge in [-0.1, -0.05) is 0 Å². The second-order valence-corrected chi connectivity index (χ2v) is 9.28. The summed E-state index contributed by atoms with van der Waals surface area (Å²) < 4.78 is 52.9. The van der Waals surface area contributed by atoms with Crippen molar-refractivity contribution in [3.8, 4) is 11.3 Å². The van der Waals surface area contributed by atoms with E-state index < -0.39 is 16.4 Å². The molecule has 1 N–H and O–H groups in total. The van der Waals surface area contributed by atoms with Gasteiger partial charge in [0.1, 0.15) is 11.5 Å². The number of alkyl halides is 2. The Morgan fingerprint density at radius 3 is 2.87 bits per heavy atom. The molecule has 0 aliphatic carbocycles. The molecule has 1 aliphatic heterocycles. The summed E-state index contributed by atoms with van der Waals surface area (Å²) in [4.78, 5) is 10.8. The molecule has 0 amide bonds. The molecule has 3 aromatic rings. The van der Waals surface area contributed by atoms with Crippen molar-refractivity contribution in [2.24, 2.45) is 5.92 Å². The van der Waals surface area contributed by atoms with Crippen molar-refractivity contribution >= 4 is 21.5 Å². The Morgan fingerprint density at radius 1 is 1.27 bits per heavy atom. The van der Waals surface area contributed by atoms with Crippen LogP contribution in [0, 0.1) is 5.92 Å². The van der Waals surface area contributed by atoms with Crippen LogP contribution in [0.1, 0.15) is 25.0 Å². The van der Waals surface area contributed by atoms with Gasteiger partial charge in [0, 0.05) is 31.4 Å². The minimum atomic E-state index is -3.23. The highest BCUT2D eigenvalue weighted by atomic mass is 32.2. The molecule has 4 heterocycles. The minimum absolute atomic E-state index is 0.185. The monoisotopic (exact) mass is 436 g/mol. The predicted octanol–water partition coefficient (Wildman–Crippen LogP) is 2.49. The van der Waals surface area contributed by atoms with Gasteiger partial charge >= 0.3 is 0 Å². The quantitative estimate of drug-likeness (QED) is 0.638. The number of anilines is 1. The van der Waals surface area contributed by atoms with E-state index in [-0.39, 0.29) is 11.6 Å². The average molecular weight is 436 g/mol. The summed E-state index contributed by atoms with van der Waals surface area (Å²) in [6.07, 6.45) is 3.62. The van der Waals surface area contributed by atoms with Gasteiger partial charge in [-0.15, -0.1) is 0 Å². The summed E-state index contributed by atoms with van der Waals surface area (Å²) in [5.74, 6) is 0.932. The molecule has 0 radical (unpaired) electrons. The predicted molar refractivity (Wildman–Crippen MR) is 109 cm³/mol. The third kappa shape index (κ3) is 4.57. The minimum Gasteiger partial charge on any atom is -0.356 e. The van der Waals surface area contributed by atoms with Crippen molar-refractivity contribution in [1.29, 1.82) is 0 Å². The molecule has 0 bridgehead atoms. The maximum absolute atomic E-state index is 13.1. The second kappa shape index (κ2) is 8.23. The molecule has 3 aromatic heterocycles. The van der Waals surface area contributed by atoms with Crippen LogP contribution >= 0.6 is 0 Å². The van der Waals surface area contributed by atoms with Gasteiger partial charge in [-0.05, 0) is 43.0 Å². The maximum atomic E-state index is 13.1. The number of fused-ring (bicyclic) bond motifs is 1. The van der Waals surface area contributed by atoms with Gasteiger partial charge in [-0.25, -0.2) is 36.4 Å².